The van der Waals surface area contributed by atoms with Crippen molar-refractivity contribution >= 4 is 41.1 Å². The number of halogens is 2. The van der Waals surface area contributed by atoms with Crippen LogP contribution in [0.2, 0.25) is 10.0 Å². The van der Waals surface area contributed by atoms with Crippen LogP contribution in [-0.4, -0.2) is 29.4 Å². The SMILES string of the molecule is CSc1ccc2c(c1)[C@H](c1ccc(Cl)c(Cl)c1)CC[C@@H]2N(C)C(=O)O. The summed E-state index contributed by atoms with van der Waals surface area (Å²) in [6.07, 6.45) is 2.78. The van der Waals surface area contributed by atoms with Crippen LogP contribution in [0.3, 0.4) is 0 Å². The van der Waals surface area contributed by atoms with E-state index in [0.29, 0.717) is 10.0 Å². The molecule has 0 aromatic heterocycles. The fourth-order valence-electron chi connectivity index (χ4n) is 3.53. The van der Waals surface area contributed by atoms with Crippen LogP contribution in [0.1, 0.15) is 41.5 Å². The molecule has 0 fully saturated rings. The Kier molecular flexibility index (Phi) is 5.52. The molecule has 2 aromatic carbocycles. The lowest BCUT2D eigenvalue weighted by molar-refractivity contribution is 0.132. The van der Waals surface area contributed by atoms with Crippen molar-refractivity contribution in [3.05, 3.63) is 63.1 Å². The molecule has 0 aliphatic heterocycles. The topological polar surface area (TPSA) is 40.5 Å². The molecule has 1 N–H and O–H groups in total. The molecule has 132 valence electrons. The first-order valence-electron chi connectivity index (χ1n) is 8.01. The zero-order valence-corrected chi connectivity index (χ0v) is 16.3. The minimum atomic E-state index is -0.905. The summed E-state index contributed by atoms with van der Waals surface area (Å²) in [7, 11) is 1.64. The summed E-state index contributed by atoms with van der Waals surface area (Å²) in [5.41, 5.74) is 3.37. The Bertz CT molecular complexity index is 812. The summed E-state index contributed by atoms with van der Waals surface area (Å²) in [6.45, 7) is 0. The van der Waals surface area contributed by atoms with E-state index in [9.17, 15) is 9.90 Å². The number of carbonyl (C=O) groups is 1. The first-order valence-corrected chi connectivity index (χ1v) is 9.99. The monoisotopic (exact) mass is 395 g/mol. The highest BCUT2D eigenvalue weighted by Crippen LogP contribution is 2.45. The van der Waals surface area contributed by atoms with Crippen LogP contribution in [0.15, 0.2) is 41.3 Å². The molecule has 1 amide bonds. The molecule has 3 rings (SSSR count). The lowest BCUT2D eigenvalue weighted by atomic mass is 9.76. The van der Waals surface area contributed by atoms with E-state index in [2.05, 4.69) is 18.2 Å². The molecule has 1 aliphatic rings. The van der Waals surface area contributed by atoms with Gasteiger partial charge < -0.3 is 10.0 Å². The van der Waals surface area contributed by atoms with Crippen molar-refractivity contribution in [2.45, 2.75) is 29.7 Å². The van der Waals surface area contributed by atoms with Crippen LogP contribution in [0.4, 0.5) is 4.79 Å². The average Bonchev–Trinajstić information content (AvgIpc) is 2.62. The van der Waals surface area contributed by atoms with Gasteiger partial charge in [0.05, 0.1) is 16.1 Å². The van der Waals surface area contributed by atoms with Gasteiger partial charge >= 0.3 is 6.09 Å². The molecule has 2 atom stereocenters. The van der Waals surface area contributed by atoms with E-state index in [4.69, 9.17) is 23.2 Å². The van der Waals surface area contributed by atoms with Gasteiger partial charge in [-0.3, -0.25) is 0 Å². The molecule has 0 spiro atoms. The third kappa shape index (κ3) is 3.62. The highest BCUT2D eigenvalue weighted by Gasteiger charge is 2.32. The summed E-state index contributed by atoms with van der Waals surface area (Å²) < 4.78 is 0. The summed E-state index contributed by atoms with van der Waals surface area (Å²) in [4.78, 5) is 14.0. The molecular formula is C19H19Cl2NO2S. The number of rotatable bonds is 3. The second-order valence-electron chi connectivity index (χ2n) is 6.21. The zero-order valence-electron chi connectivity index (χ0n) is 14.0. The van der Waals surface area contributed by atoms with Gasteiger partial charge in [-0.2, -0.15) is 0 Å². The Morgan fingerprint density at radius 2 is 1.88 bits per heavy atom. The number of thioether (sulfide) groups is 1. The largest absolute Gasteiger partial charge is 0.465 e. The van der Waals surface area contributed by atoms with E-state index in [1.165, 1.54) is 15.4 Å². The van der Waals surface area contributed by atoms with Crippen molar-refractivity contribution in [1.29, 1.82) is 0 Å². The predicted molar refractivity (Wildman–Crippen MR) is 104 cm³/mol. The molecule has 0 bridgehead atoms. The second kappa shape index (κ2) is 7.48. The summed E-state index contributed by atoms with van der Waals surface area (Å²) in [6, 6.07) is 11.9. The van der Waals surface area contributed by atoms with E-state index in [1.54, 1.807) is 18.8 Å². The van der Waals surface area contributed by atoms with Crippen molar-refractivity contribution in [1.82, 2.24) is 4.90 Å². The van der Waals surface area contributed by atoms with Gasteiger partial charge in [-0.25, -0.2) is 4.79 Å². The summed E-state index contributed by atoms with van der Waals surface area (Å²) >= 11 is 14.0. The van der Waals surface area contributed by atoms with E-state index in [0.717, 1.165) is 24.0 Å². The van der Waals surface area contributed by atoms with Crippen LogP contribution < -0.4 is 0 Å². The predicted octanol–water partition coefficient (Wildman–Crippen LogP) is 6.29. The average molecular weight is 396 g/mol. The Morgan fingerprint density at radius 3 is 2.52 bits per heavy atom. The third-order valence-electron chi connectivity index (χ3n) is 4.87. The van der Waals surface area contributed by atoms with Crippen LogP contribution >= 0.6 is 35.0 Å². The second-order valence-corrected chi connectivity index (χ2v) is 7.90. The quantitative estimate of drug-likeness (QED) is 0.620. The fraction of sp³-hybridized carbons (Fsp3) is 0.316. The van der Waals surface area contributed by atoms with Gasteiger partial charge in [-0.15, -0.1) is 11.8 Å². The van der Waals surface area contributed by atoms with Crippen LogP contribution in [0.25, 0.3) is 0 Å². The Labute approximate surface area is 161 Å². The molecule has 2 aromatic rings. The van der Waals surface area contributed by atoms with Gasteiger partial charge in [0.2, 0.25) is 0 Å². The van der Waals surface area contributed by atoms with Gasteiger partial charge in [0.1, 0.15) is 0 Å². The molecule has 6 heteroatoms. The number of nitrogens with zero attached hydrogens (tertiary/aromatic N) is 1. The van der Waals surface area contributed by atoms with Crippen molar-refractivity contribution in [3.63, 3.8) is 0 Å². The molecular weight excluding hydrogens is 377 g/mol. The molecule has 0 saturated heterocycles. The van der Waals surface area contributed by atoms with Gasteiger partial charge in [-0.05, 0) is 60.1 Å². The number of hydrogen-bond acceptors (Lipinski definition) is 2. The lowest BCUT2D eigenvalue weighted by Gasteiger charge is -2.36. The summed E-state index contributed by atoms with van der Waals surface area (Å²) in [5.74, 6) is 0.190. The summed E-state index contributed by atoms with van der Waals surface area (Å²) in [5, 5.41) is 10.5. The van der Waals surface area contributed by atoms with Crippen molar-refractivity contribution in [2.24, 2.45) is 0 Å². The Hall–Kier alpha value is -1.36. The first kappa shape index (κ1) is 18.4. The maximum Gasteiger partial charge on any atom is 0.407 e. The standard InChI is InChI=1S/C19H19Cl2NO2S/c1-22(19(23)24)18-8-6-13(11-3-7-16(20)17(21)9-11)15-10-12(25-2)4-5-14(15)18/h3-5,7,9-10,13,18H,6,8H2,1-2H3,(H,23,24)/t13-,18-/m0/s1. The van der Waals surface area contributed by atoms with Crippen LogP contribution in [0.5, 0.6) is 0 Å². The Morgan fingerprint density at radius 1 is 1.12 bits per heavy atom. The lowest BCUT2D eigenvalue weighted by Crippen LogP contribution is -2.33. The van der Waals surface area contributed by atoms with E-state index >= 15 is 0 Å². The number of hydrogen-bond donors (Lipinski definition) is 1. The molecule has 0 heterocycles. The third-order valence-corrected chi connectivity index (χ3v) is 6.34. The minimum absolute atomic E-state index is 0.123. The van der Waals surface area contributed by atoms with E-state index in [-0.39, 0.29) is 12.0 Å². The first-order chi connectivity index (χ1) is 11.9. The molecule has 0 radical (unpaired) electrons. The van der Waals surface area contributed by atoms with Gasteiger partial charge in [0.25, 0.3) is 0 Å². The van der Waals surface area contributed by atoms with Crippen LogP contribution in [-0.2, 0) is 0 Å². The molecule has 0 saturated carbocycles. The molecule has 0 unspecified atom stereocenters. The number of amides is 1. The smallest absolute Gasteiger partial charge is 0.407 e. The van der Waals surface area contributed by atoms with Crippen molar-refractivity contribution < 1.29 is 9.90 Å². The van der Waals surface area contributed by atoms with Gasteiger partial charge in [0, 0.05) is 17.9 Å². The van der Waals surface area contributed by atoms with Crippen molar-refractivity contribution in [3.8, 4) is 0 Å². The van der Waals surface area contributed by atoms with Crippen molar-refractivity contribution in [2.75, 3.05) is 13.3 Å². The van der Waals surface area contributed by atoms with E-state index < -0.39 is 6.09 Å². The number of carboxylic acid groups (broad SMARTS) is 1. The van der Waals surface area contributed by atoms with Crippen LogP contribution in [0, 0.1) is 0 Å². The fourth-order valence-corrected chi connectivity index (χ4v) is 4.29. The van der Waals surface area contributed by atoms with E-state index in [1.807, 2.05) is 24.5 Å². The molecule has 25 heavy (non-hydrogen) atoms. The normalized spacial score (nSPS) is 19.4. The Balaban J connectivity index is 2.09. The molecule has 3 nitrogen and oxygen atoms in total. The molecule has 1 aliphatic carbocycles. The minimum Gasteiger partial charge on any atom is -0.465 e. The highest BCUT2D eigenvalue weighted by molar-refractivity contribution is 7.98. The zero-order chi connectivity index (χ0) is 18.1. The number of benzene rings is 2. The number of fused-ring (bicyclic) bond motifs is 1. The van der Waals surface area contributed by atoms with Gasteiger partial charge in [0.15, 0.2) is 0 Å². The van der Waals surface area contributed by atoms with Gasteiger partial charge in [-0.1, -0.05) is 35.3 Å². The maximum atomic E-state index is 11.5. The maximum absolute atomic E-state index is 11.5. The highest BCUT2D eigenvalue weighted by atomic mass is 35.5.